The molecule has 2 rings (SSSR count). The highest BCUT2D eigenvalue weighted by Gasteiger charge is 2.43. The summed E-state index contributed by atoms with van der Waals surface area (Å²) >= 11 is 0. The van der Waals surface area contributed by atoms with Crippen molar-refractivity contribution < 1.29 is 23.9 Å². The van der Waals surface area contributed by atoms with E-state index in [1.165, 1.54) is 7.11 Å². The molecular weight excluding hydrogens is 374 g/mol. The van der Waals surface area contributed by atoms with Gasteiger partial charge in [-0.15, -0.1) is 0 Å². The third kappa shape index (κ3) is 5.95. The van der Waals surface area contributed by atoms with Gasteiger partial charge >= 0.3 is 5.97 Å². The topological polar surface area (TPSA) is 118 Å². The minimum Gasteiger partial charge on any atom is -0.497 e. The highest BCUT2D eigenvalue weighted by atomic mass is 16.5. The number of nitriles is 1. The second kappa shape index (κ2) is 9.41. The van der Waals surface area contributed by atoms with E-state index < -0.39 is 36.0 Å². The van der Waals surface area contributed by atoms with Gasteiger partial charge in [0.25, 0.3) is 11.8 Å². The van der Waals surface area contributed by atoms with E-state index in [1.807, 2.05) is 0 Å². The first-order chi connectivity index (χ1) is 13.7. The zero-order valence-corrected chi connectivity index (χ0v) is 17.2. The molecule has 2 N–H and O–H groups in total. The molecule has 0 aromatic heterocycles. The van der Waals surface area contributed by atoms with Crippen molar-refractivity contribution in [1.29, 1.82) is 5.26 Å². The Bertz CT molecular complexity index is 796. The van der Waals surface area contributed by atoms with E-state index in [1.54, 1.807) is 45.0 Å². The zero-order chi connectivity index (χ0) is 21.6. The normalized spacial score (nSPS) is 16.1. The molecule has 1 aliphatic carbocycles. The molecule has 1 aliphatic rings. The maximum atomic E-state index is 12.4. The van der Waals surface area contributed by atoms with Gasteiger partial charge in [0.05, 0.1) is 13.2 Å². The Morgan fingerprint density at radius 1 is 1.24 bits per heavy atom. The smallest absolute Gasteiger partial charge is 0.329 e. The van der Waals surface area contributed by atoms with Crippen LogP contribution >= 0.6 is 0 Å². The second-order valence-corrected chi connectivity index (χ2v) is 7.67. The second-order valence-electron chi connectivity index (χ2n) is 7.67. The molecule has 1 aromatic carbocycles. The summed E-state index contributed by atoms with van der Waals surface area (Å²) in [6, 6.07) is 7.67. The van der Waals surface area contributed by atoms with Crippen LogP contribution in [-0.4, -0.2) is 43.1 Å². The molecular formula is C21H27N3O5. The molecule has 0 radical (unpaired) electrons. The van der Waals surface area contributed by atoms with Gasteiger partial charge in [0, 0.05) is 5.56 Å². The lowest BCUT2D eigenvalue weighted by Crippen LogP contribution is -2.49. The monoisotopic (exact) mass is 401 g/mol. The molecule has 8 heteroatoms. The van der Waals surface area contributed by atoms with Crippen LogP contribution in [-0.2, 0) is 14.3 Å². The minimum absolute atomic E-state index is 0.124. The first kappa shape index (κ1) is 22.2. The summed E-state index contributed by atoms with van der Waals surface area (Å²) in [5.41, 5.74) is -0.583. The molecule has 2 atom stereocenters. The number of nitrogens with zero attached hydrogens (tertiary/aromatic N) is 1. The molecule has 0 spiro atoms. The van der Waals surface area contributed by atoms with Gasteiger partial charge in [0.1, 0.15) is 17.3 Å². The van der Waals surface area contributed by atoms with Gasteiger partial charge in [-0.25, -0.2) is 4.79 Å². The van der Waals surface area contributed by atoms with Crippen LogP contribution in [0.2, 0.25) is 0 Å². The Morgan fingerprint density at radius 3 is 2.34 bits per heavy atom. The van der Waals surface area contributed by atoms with Crippen molar-refractivity contribution in [2.45, 2.75) is 45.2 Å². The molecule has 156 valence electrons. The van der Waals surface area contributed by atoms with Crippen molar-refractivity contribution in [3.63, 3.8) is 0 Å². The summed E-state index contributed by atoms with van der Waals surface area (Å²) in [5, 5.41) is 14.6. The van der Waals surface area contributed by atoms with Crippen LogP contribution in [0.3, 0.4) is 0 Å². The van der Waals surface area contributed by atoms with Crippen molar-refractivity contribution in [2.24, 2.45) is 11.8 Å². The predicted octanol–water partition coefficient (Wildman–Crippen LogP) is 1.80. The van der Waals surface area contributed by atoms with Crippen LogP contribution in [0.5, 0.6) is 5.75 Å². The van der Waals surface area contributed by atoms with Crippen molar-refractivity contribution in [3.8, 4) is 11.8 Å². The van der Waals surface area contributed by atoms with Gasteiger partial charge in [0.15, 0.2) is 6.61 Å². The molecule has 2 amide bonds. The summed E-state index contributed by atoms with van der Waals surface area (Å²) in [5.74, 6) is -1.19. The van der Waals surface area contributed by atoms with Gasteiger partial charge < -0.3 is 20.1 Å². The predicted molar refractivity (Wildman–Crippen MR) is 105 cm³/mol. The Balaban J connectivity index is 1.92. The lowest BCUT2D eigenvalue weighted by molar-refractivity contribution is -0.151. The molecule has 0 aliphatic heterocycles. The summed E-state index contributed by atoms with van der Waals surface area (Å²) < 4.78 is 10.2. The van der Waals surface area contributed by atoms with Crippen LogP contribution in [0.25, 0.3) is 0 Å². The summed E-state index contributed by atoms with van der Waals surface area (Å²) in [4.78, 5) is 37.0. The molecule has 0 unspecified atom stereocenters. The van der Waals surface area contributed by atoms with Gasteiger partial charge in [0.2, 0.25) is 0 Å². The van der Waals surface area contributed by atoms with Crippen molar-refractivity contribution >= 4 is 17.8 Å². The standard InChI is InChI=1S/C21H27N3O5/c1-13(2)18(23-19(26)14-5-9-16(28-4)10-6-14)20(27)29-11-17(25)24-21(3,12-22)15-7-8-15/h5-6,9-10,13,15,18H,7-8,11H2,1-4H3,(H,23,26)(H,24,25)/t18-,21+/m0/s1. The van der Waals surface area contributed by atoms with E-state index >= 15 is 0 Å². The van der Waals surface area contributed by atoms with Crippen LogP contribution in [0.15, 0.2) is 24.3 Å². The molecule has 0 saturated heterocycles. The highest BCUT2D eigenvalue weighted by Crippen LogP contribution is 2.39. The van der Waals surface area contributed by atoms with E-state index in [2.05, 4.69) is 16.7 Å². The van der Waals surface area contributed by atoms with Gasteiger partial charge in [-0.2, -0.15) is 5.26 Å². The fraction of sp³-hybridized carbons (Fsp3) is 0.524. The van der Waals surface area contributed by atoms with Gasteiger partial charge in [-0.1, -0.05) is 13.8 Å². The van der Waals surface area contributed by atoms with E-state index in [0.717, 1.165) is 12.8 Å². The van der Waals surface area contributed by atoms with E-state index in [4.69, 9.17) is 9.47 Å². The number of carbonyl (C=O) groups is 3. The average molecular weight is 401 g/mol. The number of carbonyl (C=O) groups excluding carboxylic acids is 3. The number of methoxy groups -OCH3 is 1. The zero-order valence-electron chi connectivity index (χ0n) is 17.2. The average Bonchev–Trinajstić information content (AvgIpc) is 3.55. The lowest BCUT2D eigenvalue weighted by Gasteiger charge is -2.24. The van der Waals surface area contributed by atoms with Gasteiger partial charge in [-0.3, -0.25) is 9.59 Å². The first-order valence-corrected chi connectivity index (χ1v) is 9.54. The number of esters is 1. The summed E-state index contributed by atoms with van der Waals surface area (Å²) in [7, 11) is 1.53. The van der Waals surface area contributed by atoms with Gasteiger partial charge in [-0.05, 0) is 55.9 Å². The molecule has 0 bridgehead atoms. The van der Waals surface area contributed by atoms with Crippen LogP contribution in [0.1, 0.15) is 44.0 Å². The van der Waals surface area contributed by atoms with E-state index in [9.17, 15) is 19.6 Å². The number of ether oxygens (including phenoxy) is 2. The Kier molecular flexibility index (Phi) is 7.21. The van der Waals surface area contributed by atoms with Crippen molar-refractivity contribution in [2.75, 3.05) is 13.7 Å². The molecule has 0 heterocycles. The van der Waals surface area contributed by atoms with E-state index in [-0.39, 0.29) is 11.8 Å². The SMILES string of the molecule is COc1ccc(C(=O)N[C@H](C(=O)OCC(=O)N[C@](C)(C#N)C2CC2)C(C)C)cc1. The third-order valence-electron chi connectivity index (χ3n) is 4.93. The molecule has 1 saturated carbocycles. The largest absolute Gasteiger partial charge is 0.497 e. The summed E-state index contributed by atoms with van der Waals surface area (Å²) in [6.45, 7) is 4.68. The fourth-order valence-electron chi connectivity index (χ4n) is 2.90. The summed E-state index contributed by atoms with van der Waals surface area (Å²) in [6.07, 6.45) is 1.77. The highest BCUT2D eigenvalue weighted by molar-refractivity contribution is 5.97. The quantitative estimate of drug-likeness (QED) is 0.609. The number of hydrogen-bond acceptors (Lipinski definition) is 6. The number of rotatable bonds is 9. The fourth-order valence-corrected chi connectivity index (χ4v) is 2.90. The Hall–Kier alpha value is -3.08. The first-order valence-electron chi connectivity index (χ1n) is 9.54. The van der Waals surface area contributed by atoms with Crippen LogP contribution in [0, 0.1) is 23.2 Å². The minimum atomic E-state index is -0.955. The number of benzene rings is 1. The molecule has 8 nitrogen and oxygen atoms in total. The molecule has 29 heavy (non-hydrogen) atoms. The third-order valence-corrected chi connectivity index (χ3v) is 4.93. The van der Waals surface area contributed by atoms with Crippen molar-refractivity contribution in [1.82, 2.24) is 10.6 Å². The van der Waals surface area contributed by atoms with E-state index in [0.29, 0.717) is 11.3 Å². The maximum absolute atomic E-state index is 12.4. The number of nitrogens with one attached hydrogen (secondary N) is 2. The maximum Gasteiger partial charge on any atom is 0.329 e. The molecule has 1 fully saturated rings. The van der Waals surface area contributed by atoms with Crippen LogP contribution in [0.4, 0.5) is 0 Å². The van der Waals surface area contributed by atoms with Crippen molar-refractivity contribution in [3.05, 3.63) is 29.8 Å². The Morgan fingerprint density at radius 2 is 1.86 bits per heavy atom. The Labute approximate surface area is 170 Å². The lowest BCUT2D eigenvalue weighted by atomic mass is 9.98. The number of hydrogen-bond donors (Lipinski definition) is 2. The van der Waals surface area contributed by atoms with Crippen LogP contribution < -0.4 is 15.4 Å². The molecule has 1 aromatic rings. The number of amides is 2.